The molecule has 2 heterocycles. The molecule has 172 valence electrons. The lowest BCUT2D eigenvalue weighted by Crippen LogP contribution is -2.40. The molecular formula is C20H20F3N3O5S. The van der Waals surface area contributed by atoms with Gasteiger partial charge in [0.15, 0.2) is 6.61 Å². The molecule has 8 nitrogen and oxygen atoms in total. The van der Waals surface area contributed by atoms with E-state index in [-0.39, 0.29) is 36.5 Å². The van der Waals surface area contributed by atoms with Crippen molar-refractivity contribution in [3.63, 3.8) is 0 Å². The van der Waals surface area contributed by atoms with Gasteiger partial charge in [0.25, 0.3) is 5.91 Å². The van der Waals surface area contributed by atoms with Gasteiger partial charge in [-0.05, 0) is 49.2 Å². The zero-order valence-electron chi connectivity index (χ0n) is 16.7. The number of nitrogens with one attached hydrogen (secondary N) is 1. The largest absolute Gasteiger partial charge is 0.455 e. The summed E-state index contributed by atoms with van der Waals surface area (Å²) in [4.78, 5) is 28.0. The number of esters is 1. The molecule has 0 unspecified atom stereocenters. The lowest BCUT2D eigenvalue weighted by molar-refractivity contribution is -0.152. The zero-order valence-corrected chi connectivity index (χ0v) is 17.5. The van der Waals surface area contributed by atoms with Crippen LogP contribution in [0.1, 0.15) is 18.4 Å². The second-order valence-corrected chi connectivity index (χ2v) is 9.04. The number of ether oxygens (including phenoxy) is 1. The number of sulfonamides is 1. The van der Waals surface area contributed by atoms with Gasteiger partial charge in [-0.2, -0.15) is 17.5 Å². The molecule has 32 heavy (non-hydrogen) atoms. The van der Waals surface area contributed by atoms with Crippen LogP contribution in [0.3, 0.4) is 0 Å². The van der Waals surface area contributed by atoms with Crippen molar-refractivity contribution in [1.82, 2.24) is 9.29 Å². The number of carbonyl (C=O) groups is 2. The van der Waals surface area contributed by atoms with E-state index in [2.05, 4.69) is 10.3 Å². The molecule has 1 amide bonds. The third kappa shape index (κ3) is 5.82. The van der Waals surface area contributed by atoms with Crippen LogP contribution in [-0.2, 0) is 30.5 Å². The predicted molar refractivity (Wildman–Crippen MR) is 107 cm³/mol. The van der Waals surface area contributed by atoms with Crippen molar-refractivity contribution in [2.75, 3.05) is 25.0 Å². The number of pyridine rings is 1. The van der Waals surface area contributed by atoms with Gasteiger partial charge >= 0.3 is 12.1 Å². The van der Waals surface area contributed by atoms with Crippen LogP contribution in [0.4, 0.5) is 18.9 Å². The highest BCUT2D eigenvalue weighted by molar-refractivity contribution is 7.89. The smallest absolute Gasteiger partial charge is 0.416 e. The SMILES string of the molecule is O=C(COC(=O)C1CCN(S(=O)(=O)c2cccnc2)CC1)Nc1ccc(C(F)(F)F)cc1. The first-order chi connectivity index (χ1) is 15.1. The van der Waals surface area contributed by atoms with Gasteiger partial charge in [-0.3, -0.25) is 14.6 Å². The first kappa shape index (κ1) is 23.7. The maximum Gasteiger partial charge on any atom is 0.416 e. The molecule has 1 saturated heterocycles. The minimum atomic E-state index is -4.48. The Hall–Kier alpha value is -2.99. The van der Waals surface area contributed by atoms with Crippen LogP contribution in [0, 0.1) is 5.92 Å². The molecule has 0 aliphatic carbocycles. The monoisotopic (exact) mass is 471 g/mol. The van der Waals surface area contributed by atoms with Crippen LogP contribution in [0.25, 0.3) is 0 Å². The molecule has 1 aromatic carbocycles. The average Bonchev–Trinajstić information content (AvgIpc) is 2.78. The summed E-state index contributed by atoms with van der Waals surface area (Å²) in [5.41, 5.74) is -0.716. The minimum Gasteiger partial charge on any atom is -0.455 e. The van der Waals surface area contributed by atoms with E-state index in [1.165, 1.54) is 28.8 Å². The molecule has 0 spiro atoms. The average molecular weight is 471 g/mol. The number of anilines is 1. The van der Waals surface area contributed by atoms with Crippen LogP contribution in [0.2, 0.25) is 0 Å². The van der Waals surface area contributed by atoms with Crippen LogP contribution >= 0.6 is 0 Å². The van der Waals surface area contributed by atoms with Crippen LogP contribution in [0.5, 0.6) is 0 Å². The van der Waals surface area contributed by atoms with Gasteiger partial charge in [-0.15, -0.1) is 0 Å². The minimum absolute atomic E-state index is 0.0703. The van der Waals surface area contributed by atoms with Crippen molar-refractivity contribution in [3.8, 4) is 0 Å². The summed E-state index contributed by atoms with van der Waals surface area (Å²) in [6.45, 7) is -0.364. The summed E-state index contributed by atoms with van der Waals surface area (Å²) >= 11 is 0. The lowest BCUT2D eigenvalue weighted by atomic mass is 9.98. The summed E-state index contributed by atoms with van der Waals surface area (Å²) in [6.07, 6.45) is -1.29. The topological polar surface area (TPSA) is 106 Å². The molecule has 1 aliphatic rings. The van der Waals surface area contributed by atoms with Crippen molar-refractivity contribution >= 4 is 27.6 Å². The van der Waals surface area contributed by atoms with Crippen molar-refractivity contribution in [3.05, 3.63) is 54.4 Å². The summed E-state index contributed by atoms with van der Waals surface area (Å²) in [7, 11) is -3.70. The Bertz CT molecular complexity index is 1050. The number of hydrogen-bond donors (Lipinski definition) is 1. The van der Waals surface area contributed by atoms with Gasteiger partial charge in [0.2, 0.25) is 10.0 Å². The summed E-state index contributed by atoms with van der Waals surface area (Å²) in [6, 6.07) is 6.82. The Morgan fingerprint density at radius 1 is 1.12 bits per heavy atom. The van der Waals surface area contributed by atoms with E-state index in [4.69, 9.17) is 4.74 Å². The molecule has 1 aromatic heterocycles. The Morgan fingerprint density at radius 2 is 1.78 bits per heavy atom. The predicted octanol–water partition coefficient (Wildman–Crippen LogP) is 2.68. The fourth-order valence-electron chi connectivity index (χ4n) is 3.17. The number of benzene rings is 1. The number of halogens is 3. The van der Waals surface area contributed by atoms with Crippen molar-refractivity contribution < 1.29 is 35.9 Å². The summed E-state index contributed by atoms with van der Waals surface area (Å²) in [5, 5.41) is 2.35. The second-order valence-electron chi connectivity index (χ2n) is 7.10. The van der Waals surface area contributed by atoms with Crippen LogP contribution in [0.15, 0.2) is 53.7 Å². The first-order valence-corrected chi connectivity index (χ1v) is 11.1. The third-order valence-electron chi connectivity index (χ3n) is 4.90. The normalized spacial score (nSPS) is 15.8. The Morgan fingerprint density at radius 3 is 2.34 bits per heavy atom. The molecule has 0 atom stereocenters. The van der Waals surface area contributed by atoms with Crippen LogP contribution in [-0.4, -0.2) is 49.3 Å². The highest BCUT2D eigenvalue weighted by Crippen LogP contribution is 2.30. The Balaban J connectivity index is 1.45. The second kappa shape index (κ2) is 9.65. The molecule has 12 heteroatoms. The van der Waals surface area contributed by atoms with Gasteiger partial charge < -0.3 is 10.1 Å². The molecule has 3 rings (SSSR count). The van der Waals surface area contributed by atoms with E-state index < -0.39 is 46.2 Å². The van der Waals surface area contributed by atoms with E-state index in [0.717, 1.165) is 24.3 Å². The fourth-order valence-corrected chi connectivity index (χ4v) is 4.61. The number of carbonyl (C=O) groups excluding carboxylic acids is 2. The quantitative estimate of drug-likeness (QED) is 0.650. The number of aromatic nitrogens is 1. The molecule has 1 N–H and O–H groups in total. The number of alkyl halides is 3. The highest BCUT2D eigenvalue weighted by atomic mass is 32.2. The molecule has 0 radical (unpaired) electrons. The standard InChI is InChI=1S/C20H20F3N3O5S/c21-20(22,23)15-3-5-16(6-4-15)25-18(27)13-31-19(28)14-7-10-26(11-8-14)32(29,30)17-2-1-9-24-12-17/h1-6,9,12,14H,7-8,10-11,13H2,(H,25,27). The summed E-state index contributed by atoms with van der Waals surface area (Å²) in [5.74, 6) is -1.89. The van der Waals surface area contributed by atoms with Gasteiger partial charge in [0, 0.05) is 31.2 Å². The number of hydrogen-bond acceptors (Lipinski definition) is 6. The van der Waals surface area contributed by atoms with E-state index in [1.807, 2.05) is 0 Å². The number of nitrogens with zero attached hydrogens (tertiary/aromatic N) is 2. The Kier molecular flexibility index (Phi) is 7.14. The van der Waals surface area contributed by atoms with E-state index in [1.54, 1.807) is 0 Å². The van der Waals surface area contributed by atoms with Crippen molar-refractivity contribution in [2.45, 2.75) is 23.9 Å². The zero-order chi connectivity index (χ0) is 23.4. The lowest BCUT2D eigenvalue weighted by Gasteiger charge is -2.29. The van der Waals surface area contributed by atoms with Gasteiger partial charge in [-0.25, -0.2) is 8.42 Å². The number of rotatable bonds is 6. The molecule has 0 saturated carbocycles. The first-order valence-electron chi connectivity index (χ1n) is 9.61. The number of piperidine rings is 1. The van der Waals surface area contributed by atoms with E-state index in [0.29, 0.717) is 0 Å². The molecule has 0 bridgehead atoms. The molecule has 1 aliphatic heterocycles. The fraction of sp³-hybridized carbons (Fsp3) is 0.350. The van der Waals surface area contributed by atoms with Crippen LogP contribution < -0.4 is 5.32 Å². The third-order valence-corrected chi connectivity index (χ3v) is 6.78. The van der Waals surface area contributed by atoms with Gasteiger partial charge in [0.05, 0.1) is 11.5 Å². The van der Waals surface area contributed by atoms with Crippen molar-refractivity contribution in [2.24, 2.45) is 5.92 Å². The molecular weight excluding hydrogens is 451 g/mol. The highest BCUT2D eigenvalue weighted by Gasteiger charge is 2.33. The maximum absolute atomic E-state index is 12.6. The summed E-state index contributed by atoms with van der Waals surface area (Å²) < 4.78 is 69.1. The van der Waals surface area contributed by atoms with E-state index >= 15 is 0 Å². The Labute approximate surface area is 182 Å². The van der Waals surface area contributed by atoms with Gasteiger partial charge in [0.1, 0.15) is 4.90 Å². The van der Waals surface area contributed by atoms with E-state index in [9.17, 15) is 31.2 Å². The van der Waals surface area contributed by atoms with Gasteiger partial charge in [-0.1, -0.05) is 0 Å². The number of amides is 1. The molecule has 1 fully saturated rings. The molecule has 2 aromatic rings. The maximum atomic E-state index is 12.6. The van der Waals surface area contributed by atoms with Crippen molar-refractivity contribution in [1.29, 1.82) is 0 Å².